The second-order valence-corrected chi connectivity index (χ2v) is 4.42. The standard InChI is InChI=1S/C13H18N4O/c1-2-7-14-12-8-13(16-9-15-12)17-10-3-5-11(18)6-4-10/h2,8-10H,1,3-7H2,(H2,14,15,16,17). The van der Waals surface area contributed by atoms with Gasteiger partial charge in [-0.2, -0.15) is 0 Å². The Morgan fingerprint density at radius 2 is 2.06 bits per heavy atom. The van der Waals surface area contributed by atoms with Crippen molar-refractivity contribution in [3.8, 4) is 0 Å². The van der Waals surface area contributed by atoms with E-state index in [1.807, 2.05) is 6.07 Å². The van der Waals surface area contributed by atoms with Gasteiger partial charge in [-0.05, 0) is 12.8 Å². The highest BCUT2D eigenvalue weighted by atomic mass is 16.1. The molecule has 0 aromatic carbocycles. The first-order valence-corrected chi connectivity index (χ1v) is 6.23. The average molecular weight is 246 g/mol. The van der Waals surface area contributed by atoms with Gasteiger partial charge in [0, 0.05) is 31.5 Å². The summed E-state index contributed by atoms with van der Waals surface area (Å²) in [5.41, 5.74) is 0. The topological polar surface area (TPSA) is 66.9 Å². The molecule has 5 nitrogen and oxygen atoms in total. The van der Waals surface area contributed by atoms with Gasteiger partial charge in [0.05, 0.1) is 0 Å². The van der Waals surface area contributed by atoms with Crippen LogP contribution in [0.15, 0.2) is 25.0 Å². The van der Waals surface area contributed by atoms with Gasteiger partial charge in [-0.3, -0.25) is 4.79 Å². The zero-order valence-corrected chi connectivity index (χ0v) is 10.4. The van der Waals surface area contributed by atoms with E-state index in [4.69, 9.17) is 0 Å². The molecule has 0 unspecified atom stereocenters. The quantitative estimate of drug-likeness (QED) is 0.778. The molecule has 1 aliphatic rings. The first-order valence-electron chi connectivity index (χ1n) is 6.23. The number of carbonyl (C=O) groups is 1. The molecule has 5 heteroatoms. The number of aromatic nitrogens is 2. The number of ketones is 1. The van der Waals surface area contributed by atoms with Crippen molar-refractivity contribution in [1.29, 1.82) is 0 Å². The summed E-state index contributed by atoms with van der Waals surface area (Å²) in [4.78, 5) is 19.5. The van der Waals surface area contributed by atoms with E-state index in [2.05, 4.69) is 27.2 Å². The normalized spacial score (nSPS) is 16.3. The summed E-state index contributed by atoms with van der Waals surface area (Å²) < 4.78 is 0. The van der Waals surface area contributed by atoms with E-state index in [-0.39, 0.29) is 0 Å². The van der Waals surface area contributed by atoms with Crippen LogP contribution >= 0.6 is 0 Å². The van der Waals surface area contributed by atoms with Crippen LogP contribution < -0.4 is 10.6 Å². The zero-order valence-electron chi connectivity index (χ0n) is 10.4. The van der Waals surface area contributed by atoms with E-state index in [0.717, 1.165) is 24.5 Å². The number of nitrogens with zero attached hydrogens (tertiary/aromatic N) is 2. The molecular weight excluding hydrogens is 228 g/mol. The SMILES string of the molecule is C=CCNc1cc(NC2CCC(=O)CC2)ncn1. The summed E-state index contributed by atoms with van der Waals surface area (Å²) in [6, 6.07) is 2.21. The number of anilines is 2. The fourth-order valence-electron chi connectivity index (χ4n) is 2.00. The van der Waals surface area contributed by atoms with Crippen LogP contribution in [0, 0.1) is 0 Å². The molecule has 18 heavy (non-hydrogen) atoms. The Balaban J connectivity index is 1.92. The molecule has 0 aliphatic heterocycles. The lowest BCUT2D eigenvalue weighted by Crippen LogP contribution is -2.26. The van der Waals surface area contributed by atoms with Crippen LogP contribution in [0.5, 0.6) is 0 Å². The third kappa shape index (κ3) is 3.55. The van der Waals surface area contributed by atoms with Crippen LogP contribution in [0.2, 0.25) is 0 Å². The minimum absolute atomic E-state index is 0.338. The Morgan fingerprint density at radius 1 is 1.33 bits per heavy atom. The third-order valence-corrected chi connectivity index (χ3v) is 2.99. The highest BCUT2D eigenvalue weighted by Crippen LogP contribution is 2.19. The van der Waals surface area contributed by atoms with Crippen LogP contribution in [0.4, 0.5) is 11.6 Å². The van der Waals surface area contributed by atoms with Crippen LogP contribution in [0.25, 0.3) is 0 Å². The Morgan fingerprint density at radius 3 is 2.78 bits per heavy atom. The number of carbonyl (C=O) groups excluding carboxylic acids is 1. The van der Waals surface area contributed by atoms with Crippen molar-refractivity contribution in [2.45, 2.75) is 31.7 Å². The molecule has 1 aromatic rings. The predicted octanol–water partition coefficient (Wildman–Crippen LogP) is 2.00. The lowest BCUT2D eigenvalue weighted by Gasteiger charge is -2.22. The summed E-state index contributed by atoms with van der Waals surface area (Å²) in [7, 11) is 0. The van der Waals surface area contributed by atoms with Gasteiger partial charge in [0.15, 0.2) is 0 Å². The third-order valence-electron chi connectivity index (χ3n) is 2.99. The van der Waals surface area contributed by atoms with Gasteiger partial charge in [0.2, 0.25) is 0 Å². The largest absolute Gasteiger partial charge is 0.367 e. The molecule has 0 atom stereocenters. The summed E-state index contributed by atoms with van der Waals surface area (Å²) in [6.07, 6.45) is 6.43. The molecule has 1 aromatic heterocycles. The molecule has 0 amide bonds. The molecule has 1 fully saturated rings. The van der Waals surface area contributed by atoms with Gasteiger partial charge in [0.25, 0.3) is 0 Å². The first kappa shape index (κ1) is 12.5. The van der Waals surface area contributed by atoms with Crippen molar-refractivity contribution in [3.63, 3.8) is 0 Å². The van der Waals surface area contributed by atoms with Crippen LogP contribution in [-0.2, 0) is 4.79 Å². The predicted molar refractivity (Wildman–Crippen MR) is 71.6 cm³/mol. The van der Waals surface area contributed by atoms with Crippen LogP contribution in [0.3, 0.4) is 0 Å². The number of hydrogen-bond donors (Lipinski definition) is 2. The monoisotopic (exact) mass is 246 g/mol. The Hall–Kier alpha value is -1.91. The van der Waals surface area contributed by atoms with Crippen molar-refractivity contribution in [2.24, 2.45) is 0 Å². The molecule has 0 spiro atoms. The maximum Gasteiger partial charge on any atom is 0.133 e. The van der Waals surface area contributed by atoms with Crippen LogP contribution in [0.1, 0.15) is 25.7 Å². The van der Waals surface area contributed by atoms with Gasteiger partial charge in [0.1, 0.15) is 23.7 Å². The lowest BCUT2D eigenvalue weighted by atomic mass is 9.94. The summed E-state index contributed by atoms with van der Waals surface area (Å²) in [6.45, 7) is 4.32. The fourth-order valence-corrected chi connectivity index (χ4v) is 2.00. The van der Waals surface area contributed by atoms with Gasteiger partial charge in [-0.25, -0.2) is 9.97 Å². The molecule has 2 rings (SSSR count). The summed E-state index contributed by atoms with van der Waals surface area (Å²) in [5, 5.41) is 6.46. The minimum Gasteiger partial charge on any atom is -0.367 e. The summed E-state index contributed by atoms with van der Waals surface area (Å²) >= 11 is 0. The molecular formula is C13H18N4O. The fraction of sp³-hybridized carbons (Fsp3) is 0.462. The second-order valence-electron chi connectivity index (χ2n) is 4.42. The Bertz CT molecular complexity index is 423. The number of Topliss-reactive ketones (excluding diaryl/α,β-unsaturated/α-hetero) is 1. The minimum atomic E-state index is 0.338. The average Bonchev–Trinajstić information content (AvgIpc) is 2.40. The molecule has 1 heterocycles. The highest BCUT2D eigenvalue weighted by molar-refractivity contribution is 5.79. The second kappa shape index (κ2) is 6.14. The van der Waals surface area contributed by atoms with Gasteiger partial charge < -0.3 is 10.6 Å². The van der Waals surface area contributed by atoms with E-state index in [1.54, 1.807) is 6.08 Å². The van der Waals surface area contributed by atoms with Gasteiger partial charge in [-0.1, -0.05) is 6.08 Å². The molecule has 1 aliphatic carbocycles. The van der Waals surface area contributed by atoms with E-state index >= 15 is 0 Å². The number of nitrogens with one attached hydrogen (secondary N) is 2. The van der Waals surface area contributed by atoms with E-state index in [0.29, 0.717) is 31.2 Å². The Kier molecular flexibility index (Phi) is 4.28. The first-order chi connectivity index (χ1) is 8.78. The van der Waals surface area contributed by atoms with Crippen molar-refractivity contribution in [1.82, 2.24) is 9.97 Å². The lowest BCUT2D eigenvalue weighted by molar-refractivity contribution is -0.120. The smallest absolute Gasteiger partial charge is 0.133 e. The maximum absolute atomic E-state index is 11.2. The maximum atomic E-state index is 11.2. The number of rotatable bonds is 5. The summed E-state index contributed by atoms with van der Waals surface area (Å²) in [5.74, 6) is 1.94. The van der Waals surface area contributed by atoms with E-state index in [9.17, 15) is 4.79 Å². The highest BCUT2D eigenvalue weighted by Gasteiger charge is 2.18. The van der Waals surface area contributed by atoms with E-state index in [1.165, 1.54) is 6.33 Å². The Labute approximate surface area is 107 Å². The molecule has 1 saturated carbocycles. The van der Waals surface area contributed by atoms with Gasteiger partial charge >= 0.3 is 0 Å². The van der Waals surface area contributed by atoms with Crippen molar-refractivity contribution < 1.29 is 4.79 Å². The van der Waals surface area contributed by atoms with Crippen molar-refractivity contribution in [2.75, 3.05) is 17.2 Å². The van der Waals surface area contributed by atoms with Crippen molar-refractivity contribution in [3.05, 3.63) is 25.0 Å². The molecule has 0 radical (unpaired) electrons. The molecule has 0 bridgehead atoms. The van der Waals surface area contributed by atoms with Gasteiger partial charge in [-0.15, -0.1) is 6.58 Å². The van der Waals surface area contributed by atoms with Crippen LogP contribution in [-0.4, -0.2) is 28.3 Å². The number of hydrogen-bond acceptors (Lipinski definition) is 5. The molecule has 0 saturated heterocycles. The zero-order chi connectivity index (χ0) is 12.8. The molecule has 2 N–H and O–H groups in total. The van der Waals surface area contributed by atoms with E-state index < -0.39 is 0 Å². The molecule has 96 valence electrons. The van der Waals surface area contributed by atoms with Crippen molar-refractivity contribution >= 4 is 17.4 Å².